The van der Waals surface area contributed by atoms with Gasteiger partial charge in [-0.3, -0.25) is 4.79 Å². The van der Waals surface area contributed by atoms with Crippen molar-refractivity contribution < 1.29 is 17.9 Å². The highest BCUT2D eigenvalue weighted by Crippen LogP contribution is 2.31. The molecular formula is C14H15ClN2O4S2. The molecule has 0 saturated carbocycles. The Labute approximate surface area is 143 Å². The van der Waals surface area contributed by atoms with Crippen LogP contribution in [0, 0.1) is 0 Å². The second kappa shape index (κ2) is 6.86. The van der Waals surface area contributed by atoms with Crippen LogP contribution >= 0.6 is 22.9 Å². The zero-order chi connectivity index (χ0) is 17.2. The van der Waals surface area contributed by atoms with Crippen molar-refractivity contribution in [1.82, 2.24) is 4.98 Å². The summed E-state index contributed by atoms with van der Waals surface area (Å²) in [4.78, 5) is 16.2. The number of methoxy groups -OCH3 is 1. The number of carbonyl (C=O) groups is 1. The standard InChI is InChI=1S/C14H15ClN2O4S2/c1-8(23(3,19)20)13(18)17-14-16-11(7-22-14)9-4-5-12(21-2)10(15)6-9/h4-8H,1-3H3,(H,16,17,18)/t8-/m1/s1. The number of thiazole rings is 1. The summed E-state index contributed by atoms with van der Waals surface area (Å²) in [5, 5.41) is 3.90. The molecule has 9 heteroatoms. The number of nitrogens with one attached hydrogen (secondary N) is 1. The van der Waals surface area contributed by atoms with Gasteiger partial charge in [0.25, 0.3) is 0 Å². The average molecular weight is 375 g/mol. The van der Waals surface area contributed by atoms with E-state index >= 15 is 0 Å². The van der Waals surface area contributed by atoms with Crippen LogP contribution in [0.2, 0.25) is 5.02 Å². The van der Waals surface area contributed by atoms with Gasteiger partial charge in [-0.15, -0.1) is 11.3 Å². The molecule has 1 aromatic carbocycles. The van der Waals surface area contributed by atoms with E-state index in [2.05, 4.69) is 10.3 Å². The van der Waals surface area contributed by atoms with Crippen molar-refractivity contribution in [1.29, 1.82) is 0 Å². The molecule has 0 saturated heterocycles. The molecule has 1 amide bonds. The summed E-state index contributed by atoms with van der Waals surface area (Å²) in [6.45, 7) is 1.34. The van der Waals surface area contributed by atoms with Gasteiger partial charge in [0.15, 0.2) is 15.0 Å². The van der Waals surface area contributed by atoms with Crippen LogP contribution in [0.1, 0.15) is 6.92 Å². The number of carbonyl (C=O) groups excluding carboxylic acids is 1. The predicted octanol–water partition coefficient (Wildman–Crippen LogP) is 2.84. The molecule has 0 aliphatic carbocycles. The fraction of sp³-hybridized carbons (Fsp3) is 0.286. The fourth-order valence-corrected chi connectivity index (χ4v) is 3.12. The van der Waals surface area contributed by atoms with Crippen molar-refractivity contribution in [2.24, 2.45) is 0 Å². The van der Waals surface area contributed by atoms with Gasteiger partial charge in [-0.05, 0) is 25.1 Å². The molecular weight excluding hydrogens is 360 g/mol. The molecule has 1 N–H and O–H groups in total. The van der Waals surface area contributed by atoms with Gasteiger partial charge < -0.3 is 10.1 Å². The lowest BCUT2D eigenvalue weighted by molar-refractivity contribution is -0.115. The Morgan fingerprint density at radius 2 is 2.13 bits per heavy atom. The number of halogens is 1. The Hall–Kier alpha value is -1.64. The quantitative estimate of drug-likeness (QED) is 0.869. The molecule has 6 nitrogen and oxygen atoms in total. The molecule has 2 aromatic rings. The number of hydrogen-bond acceptors (Lipinski definition) is 6. The second-order valence-corrected chi connectivity index (χ2v) is 8.48. The van der Waals surface area contributed by atoms with E-state index in [9.17, 15) is 13.2 Å². The van der Waals surface area contributed by atoms with Crippen LogP contribution in [0.4, 0.5) is 5.13 Å². The average Bonchev–Trinajstić information content (AvgIpc) is 2.93. The van der Waals surface area contributed by atoms with E-state index in [4.69, 9.17) is 16.3 Å². The Kier molecular flexibility index (Phi) is 5.28. The number of benzene rings is 1. The van der Waals surface area contributed by atoms with E-state index in [1.807, 2.05) is 0 Å². The number of amides is 1. The van der Waals surface area contributed by atoms with Crippen LogP contribution in [0.15, 0.2) is 23.6 Å². The van der Waals surface area contributed by atoms with Crippen LogP contribution in [-0.2, 0) is 14.6 Å². The Morgan fingerprint density at radius 1 is 1.43 bits per heavy atom. The zero-order valence-electron chi connectivity index (χ0n) is 12.7. The van der Waals surface area contributed by atoms with Gasteiger partial charge in [-0.1, -0.05) is 11.6 Å². The lowest BCUT2D eigenvalue weighted by Gasteiger charge is -2.08. The van der Waals surface area contributed by atoms with E-state index in [0.717, 1.165) is 11.8 Å². The third-order valence-electron chi connectivity index (χ3n) is 3.19. The summed E-state index contributed by atoms with van der Waals surface area (Å²) >= 11 is 7.28. The highest BCUT2D eigenvalue weighted by molar-refractivity contribution is 7.92. The minimum atomic E-state index is -3.45. The topological polar surface area (TPSA) is 85.4 Å². The summed E-state index contributed by atoms with van der Waals surface area (Å²) in [5.74, 6) is -0.0534. The molecule has 0 fully saturated rings. The maximum Gasteiger partial charge on any atom is 0.244 e. The van der Waals surface area contributed by atoms with Crippen LogP contribution in [0.3, 0.4) is 0 Å². The molecule has 1 atom stereocenters. The van der Waals surface area contributed by atoms with Gasteiger partial charge in [0, 0.05) is 17.2 Å². The number of rotatable bonds is 5. The summed E-state index contributed by atoms with van der Waals surface area (Å²) in [6, 6.07) is 5.23. The van der Waals surface area contributed by atoms with E-state index in [1.165, 1.54) is 25.4 Å². The van der Waals surface area contributed by atoms with E-state index < -0.39 is 21.0 Å². The van der Waals surface area contributed by atoms with Gasteiger partial charge >= 0.3 is 0 Å². The molecule has 0 bridgehead atoms. The van der Waals surface area contributed by atoms with Gasteiger partial charge in [0.05, 0.1) is 17.8 Å². The van der Waals surface area contributed by atoms with Gasteiger partial charge in [-0.25, -0.2) is 13.4 Å². The van der Waals surface area contributed by atoms with Crippen LogP contribution in [0.25, 0.3) is 11.3 Å². The number of anilines is 1. The monoisotopic (exact) mass is 374 g/mol. The second-order valence-electron chi connectivity index (χ2n) is 4.85. The van der Waals surface area contributed by atoms with Gasteiger partial charge in [0.2, 0.25) is 5.91 Å². The first-order valence-electron chi connectivity index (χ1n) is 6.51. The van der Waals surface area contributed by atoms with Crippen molar-refractivity contribution in [2.75, 3.05) is 18.7 Å². The normalized spacial score (nSPS) is 12.7. The minimum Gasteiger partial charge on any atom is -0.495 e. The highest BCUT2D eigenvalue weighted by Gasteiger charge is 2.24. The molecule has 0 radical (unpaired) electrons. The first-order valence-corrected chi connectivity index (χ1v) is 9.72. The first-order chi connectivity index (χ1) is 10.7. The number of aromatic nitrogens is 1. The van der Waals surface area contributed by atoms with E-state index in [1.54, 1.807) is 23.6 Å². The molecule has 0 unspecified atom stereocenters. The number of sulfone groups is 1. The smallest absolute Gasteiger partial charge is 0.244 e. The van der Waals surface area contributed by atoms with Crippen molar-refractivity contribution >= 4 is 43.8 Å². The van der Waals surface area contributed by atoms with Crippen molar-refractivity contribution in [3.8, 4) is 17.0 Å². The SMILES string of the molecule is COc1ccc(-c2csc(NC(=O)[C@@H](C)S(C)(=O)=O)n2)cc1Cl. The van der Waals surface area contributed by atoms with Gasteiger partial charge in [0.1, 0.15) is 11.0 Å². The molecule has 0 spiro atoms. The Bertz CT molecular complexity index is 833. The molecule has 0 aliphatic rings. The van der Waals surface area contributed by atoms with Crippen molar-refractivity contribution in [2.45, 2.75) is 12.2 Å². The number of hydrogen-bond donors (Lipinski definition) is 1. The third kappa shape index (κ3) is 4.21. The summed E-state index contributed by atoms with van der Waals surface area (Å²) < 4.78 is 27.9. The van der Waals surface area contributed by atoms with Crippen molar-refractivity contribution in [3.05, 3.63) is 28.6 Å². The summed E-state index contributed by atoms with van der Waals surface area (Å²) in [7, 11) is -1.92. The molecule has 124 valence electrons. The van der Waals surface area contributed by atoms with Crippen LogP contribution in [0.5, 0.6) is 5.75 Å². The molecule has 23 heavy (non-hydrogen) atoms. The minimum absolute atomic E-state index is 0.326. The molecule has 1 heterocycles. The maximum atomic E-state index is 11.9. The van der Waals surface area contributed by atoms with E-state index in [-0.39, 0.29) is 0 Å². The lowest BCUT2D eigenvalue weighted by atomic mass is 10.2. The van der Waals surface area contributed by atoms with E-state index in [0.29, 0.717) is 21.6 Å². The van der Waals surface area contributed by atoms with Crippen molar-refractivity contribution in [3.63, 3.8) is 0 Å². The number of nitrogens with zero attached hydrogens (tertiary/aromatic N) is 1. The zero-order valence-corrected chi connectivity index (χ0v) is 15.1. The molecule has 0 aliphatic heterocycles. The lowest BCUT2D eigenvalue weighted by Crippen LogP contribution is -2.31. The predicted molar refractivity (Wildman–Crippen MR) is 92.0 cm³/mol. The maximum absolute atomic E-state index is 11.9. The fourth-order valence-electron chi connectivity index (χ4n) is 1.69. The first kappa shape index (κ1) is 17.7. The largest absolute Gasteiger partial charge is 0.495 e. The summed E-state index contributed by atoms with van der Waals surface area (Å²) in [5.41, 5.74) is 1.39. The molecule has 2 rings (SSSR count). The van der Waals surface area contributed by atoms with Crippen LogP contribution < -0.4 is 10.1 Å². The Balaban J connectivity index is 2.18. The summed E-state index contributed by atoms with van der Waals surface area (Å²) in [6.07, 6.45) is 1.02. The Morgan fingerprint density at radius 3 is 2.70 bits per heavy atom. The van der Waals surface area contributed by atoms with Gasteiger partial charge in [-0.2, -0.15) is 0 Å². The molecule has 1 aromatic heterocycles. The third-order valence-corrected chi connectivity index (χ3v) is 5.74. The number of ether oxygens (including phenoxy) is 1. The van der Waals surface area contributed by atoms with Crippen LogP contribution in [-0.4, -0.2) is 37.9 Å². The highest BCUT2D eigenvalue weighted by atomic mass is 35.5.